The second-order valence-electron chi connectivity index (χ2n) is 3.60. The predicted octanol–water partition coefficient (Wildman–Crippen LogP) is 1.65. The highest BCUT2D eigenvalue weighted by atomic mass is 35.5. The third-order valence-electron chi connectivity index (χ3n) is 2.38. The van der Waals surface area contributed by atoms with Gasteiger partial charge in [-0.25, -0.2) is 0 Å². The van der Waals surface area contributed by atoms with Crippen LogP contribution in [0.2, 0.25) is 0 Å². The van der Waals surface area contributed by atoms with E-state index in [2.05, 4.69) is 15.5 Å². The molecule has 1 aliphatic heterocycles. The Morgan fingerprint density at radius 3 is 3.07 bits per heavy atom. The molecule has 2 heterocycles. The van der Waals surface area contributed by atoms with Gasteiger partial charge in [0, 0.05) is 13.2 Å². The molecule has 1 aromatic rings. The summed E-state index contributed by atoms with van der Waals surface area (Å²) in [6.07, 6.45) is 2.31. The van der Waals surface area contributed by atoms with E-state index in [1.165, 1.54) is 6.42 Å². The molecule has 0 aromatic carbocycles. The van der Waals surface area contributed by atoms with Gasteiger partial charge in [0.2, 0.25) is 5.89 Å². The smallest absolute Gasteiger partial charge is 0.315 e. The second kappa shape index (κ2) is 5.32. The lowest BCUT2D eigenvalue weighted by Gasteiger charge is -2.21. The summed E-state index contributed by atoms with van der Waals surface area (Å²) in [6, 6.07) is 0.441. The normalized spacial score (nSPS) is 21.5. The van der Waals surface area contributed by atoms with Gasteiger partial charge < -0.3 is 14.5 Å². The van der Waals surface area contributed by atoms with Crippen molar-refractivity contribution in [3.63, 3.8) is 0 Å². The first kappa shape index (κ1) is 10.7. The van der Waals surface area contributed by atoms with E-state index in [4.69, 9.17) is 20.8 Å². The maximum Gasteiger partial charge on any atom is 0.315 e. The molecule has 84 valence electrons. The van der Waals surface area contributed by atoms with E-state index < -0.39 is 0 Å². The summed E-state index contributed by atoms with van der Waals surface area (Å²) in [7, 11) is 0. The minimum atomic E-state index is 0.251. The van der Waals surface area contributed by atoms with Gasteiger partial charge in [-0.1, -0.05) is 5.10 Å². The predicted molar refractivity (Wildman–Crippen MR) is 55.9 cm³/mol. The number of aromatic nitrogens is 2. The summed E-state index contributed by atoms with van der Waals surface area (Å²) in [4.78, 5) is 0. The standard InChI is InChI=1S/C9H14ClN3O2/c10-4-8-12-13-9(15-8)11-5-7-2-1-3-14-6-7/h7H,1-6H2,(H,11,13). The first-order valence-electron chi connectivity index (χ1n) is 5.08. The fourth-order valence-corrected chi connectivity index (χ4v) is 1.69. The van der Waals surface area contributed by atoms with Crippen LogP contribution < -0.4 is 5.32 Å². The van der Waals surface area contributed by atoms with Gasteiger partial charge in [-0.2, -0.15) is 0 Å². The van der Waals surface area contributed by atoms with Crippen molar-refractivity contribution in [2.75, 3.05) is 25.1 Å². The van der Waals surface area contributed by atoms with Crippen LogP contribution in [-0.2, 0) is 10.6 Å². The number of hydrogen-bond donors (Lipinski definition) is 1. The Kier molecular flexibility index (Phi) is 3.80. The highest BCUT2D eigenvalue weighted by molar-refractivity contribution is 6.16. The van der Waals surface area contributed by atoms with Crippen LogP contribution in [0.25, 0.3) is 0 Å². The van der Waals surface area contributed by atoms with Crippen molar-refractivity contribution in [1.82, 2.24) is 10.2 Å². The largest absolute Gasteiger partial charge is 0.407 e. The summed E-state index contributed by atoms with van der Waals surface area (Å²) in [6.45, 7) is 2.50. The maximum atomic E-state index is 5.55. The van der Waals surface area contributed by atoms with E-state index in [0.717, 1.165) is 26.2 Å². The maximum absolute atomic E-state index is 5.55. The van der Waals surface area contributed by atoms with E-state index in [1.54, 1.807) is 0 Å². The van der Waals surface area contributed by atoms with Crippen LogP contribution in [-0.4, -0.2) is 30.0 Å². The molecule has 6 heteroatoms. The zero-order chi connectivity index (χ0) is 10.5. The number of hydrogen-bond acceptors (Lipinski definition) is 5. The minimum Gasteiger partial charge on any atom is -0.407 e. The Morgan fingerprint density at radius 1 is 1.47 bits per heavy atom. The zero-order valence-corrected chi connectivity index (χ0v) is 9.16. The van der Waals surface area contributed by atoms with Crippen molar-refractivity contribution < 1.29 is 9.15 Å². The Morgan fingerprint density at radius 2 is 2.40 bits per heavy atom. The van der Waals surface area contributed by atoms with Crippen molar-refractivity contribution in [2.45, 2.75) is 18.7 Å². The molecule has 1 fully saturated rings. The molecule has 1 aliphatic rings. The summed E-state index contributed by atoms with van der Waals surface area (Å²) < 4.78 is 10.6. The number of rotatable bonds is 4. The van der Waals surface area contributed by atoms with E-state index in [-0.39, 0.29) is 5.88 Å². The number of nitrogens with one attached hydrogen (secondary N) is 1. The van der Waals surface area contributed by atoms with Gasteiger partial charge in [-0.05, 0) is 18.8 Å². The summed E-state index contributed by atoms with van der Waals surface area (Å²) in [5.74, 6) is 1.23. The average Bonchev–Trinajstić information content (AvgIpc) is 2.76. The molecule has 0 aliphatic carbocycles. The fourth-order valence-electron chi connectivity index (χ4n) is 1.58. The molecule has 0 spiro atoms. The molecule has 15 heavy (non-hydrogen) atoms. The van der Waals surface area contributed by atoms with Crippen LogP contribution in [0, 0.1) is 5.92 Å². The van der Waals surface area contributed by atoms with Crippen molar-refractivity contribution in [3.8, 4) is 0 Å². The molecule has 0 bridgehead atoms. The van der Waals surface area contributed by atoms with Crippen molar-refractivity contribution >= 4 is 17.6 Å². The lowest BCUT2D eigenvalue weighted by molar-refractivity contribution is 0.0593. The lowest BCUT2D eigenvalue weighted by Crippen LogP contribution is -2.24. The Balaban J connectivity index is 1.76. The third kappa shape index (κ3) is 3.07. The Bertz CT molecular complexity index is 299. The van der Waals surface area contributed by atoms with Crippen LogP contribution in [0.15, 0.2) is 4.42 Å². The molecule has 5 nitrogen and oxygen atoms in total. The van der Waals surface area contributed by atoms with E-state index in [0.29, 0.717) is 17.8 Å². The fraction of sp³-hybridized carbons (Fsp3) is 0.778. The number of ether oxygens (including phenoxy) is 1. The van der Waals surface area contributed by atoms with Gasteiger partial charge in [0.1, 0.15) is 5.88 Å². The zero-order valence-electron chi connectivity index (χ0n) is 8.41. The SMILES string of the molecule is ClCc1nnc(NCC2CCCOC2)o1. The van der Waals surface area contributed by atoms with Crippen molar-refractivity contribution in [3.05, 3.63) is 5.89 Å². The van der Waals surface area contributed by atoms with Gasteiger partial charge >= 0.3 is 6.01 Å². The average molecular weight is 232 g/mol. The topological polar surface area (TPSA) is 60.2 Å². The molecule has 0 radical (unpaired) electrons. The first-order chi connectivity index (χ1) is 7.38. The van der Waals surface area contributed by atoms with E-state index in [9.17, 15) is 0 Å². The monoisotopic (exact) mass is 231 g/mol. The molecule has 0 saturated carbocycles. The van der Waals surface area contributed by atoms with Crippen molar-refractivity contribution in [2.24, 2.45) is 5.92 Å². The summed E-state index contributed by atoms with van der Waals surface area (Å²) >= 11 is 5.55. The van der Waals surface area contributed by atoms with Gasteiger partial charge in [0.25, 0.3) is 0 Å². The highest BCUT2D eigenvalue weighted by Crippen LogP contribution is 2.14. The Labute approximate surface area is 93.1 Å². The molecule has 2 rings (SSSR count). The van der Waals surface area contributed by atoms with Gasteiger partial charge in [0.05, 0.1) is 6.61 Å². The summed E-state index contributed by atoms with van der Waals surface area (Å²) in [5.41, 5.74) is 0. The minimum absolute atomic E-state index is 0.251. The van der Waals surface area contributed by atoms with Gasteiger partial charge in [-0.3, -0.25) is 0 Å². The molecule has 1 saturated heterocycles. The number of nitrogens with zero attached hydrogens (tertiary/aromatic N) is 2. The van der Waals surface area contributed by atoms with Crippen LogP contribution in [0.5, 0.6) is 0 Å². The first-order valence-corrected chi connectivity index (χ1v) is 5.62. The number of halogens is 1. The van der Waals surface area contributed by atoms with Crippen LogP contribution in [0.1, 0.15) is 18.7 Å². The highest BCUT2D eigenvalue weighted by Gasteiger charge is 2.14. The van der Waals surface area contributed by atoms with Gasteiger partial charge in [0.15, 0.2) is 0 Å². The van der Waals surface area contributed by atoms with E-state index in [1.807, 2.05) is 0 Å². The Hall–Kier alpha value is -0.810. The second-order valence-corrected chi connectivity index (χ2v) is 3.87. The number of alkyl halides is 1. The molecule has 0 amide bonds. The molecule has 1 aromatic heterocycles. The van der Waals surface area contributed by atoms with Crippen LogP contribution in [0.3, 0.4) is 0 Å². The number of anilines is 1. The van der Waals surface area contributed by atoms with Gasteiger partial charge in [-0.15, -0.1) is 16.7 Å². The van der Waals surface area contributed by atoms with Crippen LogP contribution >= 0.6 is 11.6 Å². The third-order valence-corrected chi connectivity index (χ3v) is 2.61. The summed E-state index contributed by atoms with van der Waals surface area (Å²) in [5, 5.41) is 10.7. The lowest BCUT2D eigenvalue weighted by atomic mass is 10.0. The van der Waals surface area contributed by atoms with E-state index >= 15 is 0 Å². The molecular formula is C9H14ClN3O2. The van der Waals surface area contributed by atoms with Crippen LogP contribution in [0.4, 0.5) is 6.01 Å². The molecular weight excluding hydrogens is 218 g/mol. The molecule has 1 unspecified atom stereocenters. The van der Waals surface area contributed by atoms with Crippen molar-refractivity contribution in [1.29, 1.82) is 0 Å². The molecule has 1 atom stereocenters. The quantitative estimate of drug-likeness (QED) is 0.799. The molecule has 1 N–H and O–H groups in total.